The number of ether oxygens (including phenoxy) is 1. The number of methoxy groups -OCH3 is 1. The molecule has 0 aromatic heterocycles. The highest BCUT2D eigenvalue weighted by atomic mass is 16.5. The van der Waals surface area contributed by atoms with Crippen molar-refractivity contribution in [3.63, 3.8) is 0 Å². The Balaban J connectivity index is 1.79. The Morgan fingerprint density at radius 3 is 1.95 bits per heavy atom. The molecule has 2 heteroatoms. The Bertz CT molecular complexity index is 681. The van der Waals surface area contributed by atoms with E-state index in [-0.39, 0.29) is 0 Å². The number of hydrogen-bond acceptors (Lipinski definition) is 2. The van der Waals surface area contributed by atoms with Crippen molar-refractivity contribution in [2.24, 2.45) is 0 Å². The lowest BCUT2D eigenvalue weighted by atomic mass is 10.1. The first-order valence-corrected chi connectivity index (χ1v) is 7.54. The van der Waals surface area contributed by atoms with Gasteiger partial charge in [-0.3, -0.25) is 0 Å². The van der Waals surface area contributed by atoms with Crippen LogP contribution in [0, 0.1) is 0 Å². The van der Waals surface area contributed by atoms with Crippen molar-refractivity contribution in [1.29, 1.82) is 0 Å². The van der Waals surface area contributed by atoms with Gasteiger partial charge in [-0.05, 0) is 47.2 Å². The quantitative estimate of drug-likeness (QED) is 0.913. The zero-order valence-electron chi connectivity index (χ0n) is 12.7. The van der Waals surface area contributed by atoms with Crippen molar-refractivity contribution in [3.8, 4) is 5.75 Å². The highest BCUT2D eigenvalue weighted by Gasteiger charge is 2.23. The number of benzene rings is 2. The zero-order valence-corrected chi connectivity index (χ0v) is 12.7. The van der Waals surface area contributed by atoms with Crippen LogP contribution in [0.3, 0.4) is 0 Å². The minimum Gasteiger partial charge on any atom is -0.497 e. The van der Waals surface area contributed by atoms with Crippen LogP contribution in [0.5, 0.6) is 5.75 Å². The molecule has 1 saturated carbocycles. The lowest BCUT2D eigenvalue weighted by Crippen LogP contribution is -2.04. The molecule has 0 aliphatic heterocycles. The fraction of sp³-hybridized carbons (Fsp3) is 0.200. The topological polar surface area (TPSA) is 29.5 Å². The highest BCUT2D eigenvalue weighted by Crippen LogP contribution is 2.33. The van der Waals surface area contributed by atoms with Crippen LogP contribution in [0.2, 0.25) is 0 Å². The summed E-state index contributed by atoms with van der Waals surface area (Å²) in [4.78, 5) is 0. The first-order valence-electron chi connectivity index (χ1n) is 7.54. The molecule has 0 bridgehead atoms. The van der Waals surface area contributed by atoms with E-state index in [1.807, 2.05) is 42.5 Å². The molecule has 1 fully saturated rings. The maximum Gasteiger partial charge on any atom is 0.118 e. The molecule has 0 radical (unpaired) electrons. The SMILES string of the molecule is COc1ccc(/C=C2/CC/C(=C/c3ccccc3)C2O)cc1. The fourth-order valence-corrected chi connectivity index (χ4v) is 2.78. The Kier molecular flexibility index (Phi) is 4.40. The molecule has 3 rings (SSSR count). The van der Waals surface area contributed by atoms with Gasteiger partial charge in [-0.2, -0.15) is 0 Å². The molecule has 1 unspecified atom stereocenters. The lowest BCUT2D eigenvalue weighted by Gasteiger charge is -2.07. The number of rotatable bonds is 3. The van der Waals surface area contributed by atoms with E-state index in [9.17, 15) is 5.11 Å². The zero-order chi connectivity index (χ0) is 15.4. The first kappa shape index (κ1) is 14.6. The van der Waals surface area contributed by atoms with Gasteiger partial charge in [-0.1, -0.05) is 54.6 Å². The summed E-state index contributed by atoms with van der Waals surface area (Å²) in [7, 11) is 1.66. The Labute approximate surface area is 131 Å². The Hall–Kier alpha value is -2.32. The molecule has 2 aromatic rings. The van der Waals surface area contributed by atoms with Crippen LogP contribution in [-0.2, 0) is 0 Å². The van der Waals surface area contributed by atoms with E-state index in [0.717, 1.165) is 40.9 Å². The van der Waals surface area contributed by atoms with Gasteiger partial charge in [0.1, 0.15) is 5.75 Å². The summed E-state index contributed by atoms with van der Waals surface area (Å²) in [6.07, 6.45) is 5.53. The predicted octanol–water partition coefficient (Wildman–Crippen LogP) is 4.32. The van der Waals surface area contributed by atoms with Gasteiger partial charge in [0.15, 0.2) is 0 Å². The summed E-state index contributed by atoms with van der Waals surface area (Å²) < 4.78 is 5.16. The van der Waals surface area contributed by atoms with Crippen molar-refractivity contribution in [2.75, 3.05) is 7.11 Å². The molecule has 1 N–H and O–H groups in total. The monoisotopic (exact) mass is 292 g/mol. The lowest BCUT2D eigenvalue weighted by molar-refractivity contribution is 0.257. The summed E-state index contributed by atoms with van der Waals surface area (Å²) in [6, 6.07) is 18.1. The third-order valence-electron chi connectivity index (χ3n) is 4.02. The van der Waals surface area contributed by atoms with E-state index in [1.165, 1.54) is 0 Å². The normalized spacial score (nSPS) is 21.5. The van der Waals surface area contributed by atoms with E-state index >= 15 is 0 Å². The smallest absolute Gasteiger partial charge is 0.118 e. The third-order valence-corrected chi connectivity index (χ3v) is 4.02. The standard InChI is InChI=1S/C20H20O2/c1-22-19-11-7-16(8-12-19)14-18-10-9-17(20(18)21)13-15-5-3-2-4-6-15/h2-8,11-14,20-21H,9-10H2,1H3/b17-13-,18-14-. The van der Waals surface area contributed by atoms with Crippen LogP contribution >= 0.6 is 0 Å². The van der Waals surface area contributed by atoms with Gasteiger partial charge in [0.2, 0.25) is 0 Å². The molecule has 0 amide bonds. The van der Waals surface area contributed by atoms with Crippen LogP contribution in [0.4, 0.5) is 0 Å². The van der Waals surface area contributed by atoms with Crippen molar-refractivity contribution >= 4 is 12.2 Å². The molecule has 0 saturated heterocycles. The molecule has 0 spiro atoms. The van der Waals surface area contributed by atoms with Crippen LogP contribution in [0.15, 0.2) is 65.7 Å². The highest BCUT2D eigenvalue weighted by molar-refractivity contribution is 5.62. The number of hydrogen-bond donors (Lipinski definition) is 1. The van der Waals surface area contributed by atoms with E-state index in [1.54, 1.807) is 7.11 Å². The summed E-state index contributed by atoms with van der Waals surface area (Å²) in [5.41, 5.74) is 4.40. The van der Waals surface area contributed by atoms with Gasteiger partial charge >= 0.3 is 0 Å². The Morgan fingerprint density at radius 2 is 1.41 bits per heavy atom. The third kappa shape index (κ3) is 3.29. The molecule has 1 aliphatic rings. The van der Waals surface area contributed by atoms with Crippen LogP contribution in [-0.4, -0.2) is 18.3 Å². The van der Waals surface area contributed by atoms with Crippen LogP contribution in [0.25, 0.3) is 12.2 Å². The molecule has 1 atom stereocenters. The van der Waals surface area contributed by atoms with Crippen molar-refractivity contribution in [2.45, 2.75) is 18.9 Å². The first-order chi connectivity index (χ1) is 10.8. The number of aliphatic hydroxyl groups is 1. The molecule has 22 heavy (non-hydrogen) atoms. The van der Waals surface area contributed by atoms with Crippen molar-refractivity contribution in [1.82, 2.24) is 0 Å². The minimum absolute atomic E-state index is 0.470. The van der Waals surface area contributed by atoms with Crippen LogP contribution < -0.4 is 4.74 Å². The Morgan fingerprint density at radius 1 is 0.864 bits per heavy atom. The fourth-order valence-electron chi connectivity index (χ4n) is 2.78. The largest absolute Gasteiger partial charge is 0.497 e. The molecule has 112 valence electrons. The molecular formula is C20H20O2. The van der Waals surface area contributed by atoms with Gasteiger partial charge < -0.3 is 9.84 Å². The van der Waals surface area contributed by atoms with Crippen LogP contribution in [0.1, 0.15) is 24.0 Å². The second-order valence-corrected chi connectivity index (χ2v) is 5.52. The minimum atomic E-state index is -0.470. The molecule has 0 heterocycles. The maximum atomic E-state index is 10.5. The van der Waals surface area contributed by atoms with Crippen molar-refractivity contribution < 1.29 is 9.84 Å². The van der Waals surface area contributed by atoms with Crippen molar-refractivity contribution in [3.05, 3.63) is 76.9 Å². The average Bonchev–Trinajstić information content (AvgIpc) is 2.90. The summed E-state index contributed by atoms with van der Waals surface area (Å²) >= 11 is 0. The second-order valence-electron chi connectivity index (χ2n) is 5.52. The van der Waals surface area contributed by atoms with Gasteiger partial charge in [-0.25, -0.2) is 0 Å². The molecule has 1 aliphatic carbocycles. The van der Waals surface area contributed by atoms with Gasteiger partial charge in [0.25, 0.3) is 0 Å². The van der Waals surface area contributed by atoms with Gasteiger partial charge in [0, 0.05) is 0 Å². The summed E-state index contributed by atoms with van der Waals surface area (Å²) in [5.74, 6) is 0.846. The molecule has 2 aromatic carbocycles. The van der Waals surface area contributed by atoms with E-state index in [2.05, 4.69) is 24.3 Å². The summed E-state index contributed by atoms with van der Waals surface area (Å²) in [5, 5.41) is 10.5. The summed E-state index contributed by atoms with van der Waals surface area (Å²) in [6.45, 7) is 0. The molecular weight excluding hydrogens is 272 g/mol. The van der Waals surface area contributed by atoms with E-state index < -0.39 is 6.10 Å². The van der Waals surface area contributed by atoms with Gasteiger partial charge in [-0.15, -0.1) is 0 Å². The predicted molar refractivity (Wildman–Crippen MR) is 90.6 cm³/mol. The van der Waals surface area contributed by atoms with Gasteiger partial charge in [0.05, 0.1) is 13.2 Å². The van der Waals surface area contributed by atoms with E-state index in [4.69, 9.17) is 4.74 Å². The molecule has 2 nitrogen and oxygen atoms in total. The van der Waals surface area contributed by atoms with E-state index in [0.29, 0.717) is 0 Å². The second kappa shape index (κ2) is 6.63. The average molecular weight is 292 g/mol. The maximum absolute atomic E-state index is 10.5. The number of aliphatic hydroxyl groups excluding tert-OH is 1.